The number of piperidine rings is 1. The molecule has 2 radical (unpaired) electrons. The minimum absolute atomic E-state index is 0.271. The molecule has 1 unspecified atom stereocenters. The summed E-state index contributed by atoms with van der Waals surface area (Å²) in [5.41, 5.74) is 9.02. The second kappa shape index (κ2) is 5.57. The van der Waals surface area contributed by atoms with Gasteiger partial charge in [0.2, 0.25) is 0 Å². The van der Waals surface area contributed by atoms with Crippen LogP contribution in [0.2, 0.25) is 5.02 Å². The molecule has 4 rings (SSSR count). The van der Waals surface area contributed by atoms with Crippen LogP contribution in [0.3, 0.4) is 0 Å². The van der Waals surface area contributed by atoms with E-state index in [4.69, 9.17) is 25.2 Å². The molecule has 1 aromatic carbocycles. The molecule has 1 aromatic heterocycles. The van der Waals surface area contributed by atoms with Gasteiger partial charge in [0.15, 0.2) is 0 Å². The van der Waals surface area contributed by atoms with Crippen LogP contribution >= 0.6 is 11.6 Å². The van der Waals surface area contributed by atoms with Crippen molar-refractivity contribution in [3.63, 3.8) is 0 Å². The first kappa shape index (κ1) is 15.6. The molecular formula is C17H18BClN4O. The number of benzene rings is 1. The van der Waals surface area contributed by atoms with E-state index in [1.165, 1.54) is 5.56 Å². The van der Waals surface area contributed by atoms with E-state index in [0.29, 0.717) is 10.5 Å². The van der Waals surface area contributed by atoms with Crippen LogP contribution < -0.4 is 21.4 Å². The van der Waals surface area contributed by atoms with Gasteiger partial charge in [-0.1, -0.05) is 35.3 Å². The molecule has 1 saturated heterocycles. The summed E-state index contributed by atoms with van der Waals surface area (Å²) in [5, 5.41) is 14.2. The number of nitrogen functional groups attached to an aromatic ring is 1. The molecule has 122 valence electrons. The summed E-state index contributed by atoms with van der Waals surface area (Å²) in [6, 6.07) is 8.11. The molecule has 2 aliphatic rings. The smallest absolute Gasteiger partial charge is 0.144 e. The number of pyridine rings is 1. The molecule has 5 nitrogen and oxygen atoms in total. The summed E-state index contributed by atoms with van der Waals surface area (Å²) >= 11 is 6.32. The van der Waals surface area contributed by atoms with E-state index in [1.54, 1.807) is 6.20 Å². The monoisotopic (exact) mass is 340 g/mol. The zero-order valence-corrected chi connectivity index (χ0v) is 13.9. The van der Waals surface area contributed by atoms with E-state index in [2.05, 4.69) is 21.3 Å². The number of nitrogens with two attached hydrogens (primary N) is 1. The van der Waals surface area contributed by atoms with Crippen molar-refractivity contribution in [1.82, 2.24) is 4.98 Å². The highest BCUT2D eigenvalue weighted by Crippen LogP contribution is 2.47. The third-order valence-electron chi connectivity index (χ3n) is 5.30. The molecular weight excluding hydrogens is 322 g/mol. The maximum Gasteiger partial charge on any atom is 0.144 e. The number of hydrogen-bond donors (Lipinski definition) is 3. The minimum atomic E-state index is -0.577. The molecule has 1 atom stereocenters. The lowest BCUT2D eigenvalue weighted by molar-refractivity contribution is 0.0966. The molecule has 2 aliphatic heterocycles. The van der Waals surface area contributed by atoms with Crippen molar-refractivity contribution in [3.8, 4) is 0 Å². The first-order valence-corrected chi connectivity index (χ1v) is 8.39. The van der Waals surface area contributed by atoms with Crippen LogP contribution in [-0.4, -0.2) is 37.3 Å². The summed E-state index contributed by atoms with van der Waals surface area (Å²) in [7, 11) is 6.06. The molecule has 7 heteroatoms. The average molecular weight is 341 g/mol. The lowest BCUT2D eigenvalue weighted by Crippen LogP contribution is -2.49. The number of halogens is 1. The Bertz CT molecular complexity index is 792. The van der Waals surface area contributed by atoms with Gasteiger partial charge in [-0.2, -0.15) is 0 Å². The van der Waals surface area contributed by atoms with Crippen molar-refractivity contribution in [2.45, 2.75) is 24.5 Å². The van der Waals surface area contributed by atoms with Gasteiger partial charge in [-0.05, 0) is 24.5 Å². The van der Waals surface area contributed by atoms with Crippen molar-refractivity contribution < 1.29 is 5.11 Å². The SMILES string of the molecule is [B]c1cnc(N)c(Cl)c1N1CCC2(CC1)c1ccccc1NC2O. The molecule has 1 spiro atoms. The van der Waals surface area contributed by atoms with Crippen LogP contribution in [0.15, 0.2) is 30.5 Å². The van der Waals surface area contributed by atoms with Crippen LogP contribution in [0.4, 0.5) is 17.2 Å². The normalized spacial score (nSPS) is 21.6. The fourth-order valence-electron chi connectivity index (χ4n) is 3.97. The Morgan fingerprint density at radius 1 is 1.33 bits per heavy atom. The summed E-state index contributed by atoms with van der Waals surface area (Å²) < 4.78 is 0. The molecule has 4 N–H and O–H groups in total. The second-order valence-corrected chi connectivity index (χ2v) is 6.87. The third-order valence-corrected chi connectivity index (χ3v) is 5.67. The Labute approximate surface area is 147 Å². The number of rotatable bonds is 1. The fourth-order valence-corrected chi connectivity index (χ4v) is 4.25. The molecule has 0 saturated carbocycles. The van der Waals surface area contributed by atoms with Gasteiger partial charge < -0.3 is 21.1 Å². The Kier molecular flexibility index (Phi) is 3.62. The highest BCUT2D eigenvalue weighted by atomic mass is 35.5. The van der Waals surface area contributed by atoms with Gasteiger partial charge in [0.1, 0.15) is 24.9 Å². The average Bonchev–Trinajstić information content (AvgIpc) is 2.85. The Balaban J connectivity index is 1.64. The van der Waals surface area contributed by atoms with Gasteiger partial charge in [-0.3, -0.25) is 0 Å². The number of nitrogens with one attached hydrogen (secondary N) is 1. The van der Waals surface area contributed by atoms with Crippen molar-refractivity contribution in [3.05, 3.63) is 41.0 Å². The first-order valence-electron chi connectivity index (χ1n) is 8.01. The van der Waals surface area contributed by atoms with Gasteiger partial charge in [0.05, 0.1) is 5.69 Å². The lowest BCUT2D eigenvalue weighted by atomic mass is 9.73. The molecule has 0 aliphatic carbocycles. The first-order chi connectivity index (χ1) is 11.5. The Hall–Kier alpha value is -1.92. The number of aromatic nitrogens is 1. The Morgan fingerprint density at radius 3 is 2.79 bits per heavy atom. The van der Waals surface area contributed by atoms with E-state index < -0.39 is 6.23 Å². The summed E-state index contributed by atoms with van der Waals surface area (Å²) in [5.74, 6) is 0.286. The van der Waals surface area contributed by atoms with E-state index in [-0.39, 0.29) is 11.2 Å². The molecule has 3 heterocycles. The summed E-state index contributed by atoms with van der Waals surface area (Å²) in [4.78, 5) is 6.12. The van der Waals surface area contributed by atoms with E-state index >= 15 is 0 Å². The van der Waals surface area contributed by atoms with Gasteiger partial charge in [-0.25, -0.2) is 4.98 Å². The van der Waals surface area contributed by atoms with Gasteiger partial charge in [0.25, 0.3) is 0 Å². The maximum atomic E-state index is 10.6. The number of aliphatic hydroxyl groups is 1. The lowest BCUT2D eigenvalue weighted by Gasteiger charge is -2.43. The number of para-hydroxylation sites is 1. The van der Waals surface area contributed by atoms with E-state index in [0.717, 1.165) is 37.3 Å². The summed E-state index contributed by atoms with van der Waals surface area (Å²) in [6.07, 6.45) is 2.57. The number of fused-ring (bicyclic) bond motifs is 2. The van der Waals surface area contributed by atoms with Crippen LogP contribution in [0.1, 0.15) is 18.4 Å². The molecule has 0 amide bonds. The van der Waals surface area contributed by atoms with Gasteiger partial charge >= 0.3 is 0 Å². The number of aliphatic hydroxyl groups excluding tert-OH is 1. The van der Waals surface area contributed by atoms with Crippen LogP contribution in [0.25, 0.3) is 0 Å². The third kappa shape index (κ3) is 2.17. The maximum absolute atomic E-state index is 10.6. The quantitative estimate of drug-likeness (QED) is 0.684. The molecule has 2 aromatic rings. The number of hydrogen-bond acceptors (Lipinski definition) is 5. The number of anilines is 3. The zero-order chi connectivity index (χ0) is 16.9. The van der Waals surface area contributed by atoms with E-state index in [9.17, 15) is 5.11 Å². The van der Waals surface area contributed by atoms with Gasteiger partial charge in [0, 0.05) is 30.4 Å². The van der Waals surface area contributed by atoms with E-state index in [1.807, 2.05) is 18.2 Å². The van der Waals surface area contributed by atoms with Crippen molar-refractivity contribution in [1.29, 1.82) is 0 Å². The fraction of sp³-hybridized carbons (Fsp3) is 0.353. The molecule has 0 bridgehead atoms. The molecule has 24 heavy (non-hydrogen) atoms. The van der Waals surface area contributed by atoms with Crippen molar-refractivity contribution in [2.75, 3.05) is 29.0 Å². The zero-order valence-electron chi connectivity index (χ0n) is 13.2. The highest BCUT2D eigenvalue weighted by Gasteiger charge is 2.48. The van der Waals surface area contributed by atoms with Crippen LogP contribution in [0.5, 0.6) is 0 Å². The number of nitrogens with zero attached hydrogens (tertiary/aromatic N) is 2. The second-order valence-electron chi connectivity index (χ2n) is 6.50. The minimum Gasteiger partial charge on any atom is -0.382 e. The standard InChI is InChI=1S/C17H18BClN4O/c18-11-9-21-15(20)13(19)14(11)23-7-5-17(6-8-23)10-3-1-2-4-12(10)22-16(17)24/h1-4,9,16,22,24H,5-8H2,(H2,20,21). The van der Waals surface area contributed by atoms with Crippen LogP contribution in [-0.2, 0) is 5.41 Å². The van der Waals surface area contributed by atoms with Crippen molar-refractivity contribution in [2.24, 2.45) is 0 Å². The predicted octanol–water partition coefficient (Wildman–Crippen LogP) is 1.39. The topological polar surface area (TPSA) is 74.4 Å². The van der Waals surface area contributed by atoms with Gasteiger partial charge in [-0.15, -0.1) is 0 Å². The van der Waals surface area contributed by atoms with Crippen LogP contribution in [0, 0.1) is 0 Å². The highest BCUT2D eigenvalue weighted by molar-refractivity contribution is 6.42. The Morgan fingerprint density at radius 2 is 2.04 bits per heavy atom. The summed E-state index contributed by atoms with van der Waals surface area (Å²) in [6.45, 7) is 1.47. The predicted molar refractivity (Wildman–Crippen MR) is 98.2 cm³/mol. The molecule has 1 fully saturated rings. The largest absolute Gasteiger partial charge is 0.382 e. The van der Waals surface area contributed by atoms with Crippen molar-refractivity contribution >= 4 is 42.1 Å².